The standard InChI is InChI=1S/C17H21NO3/c1-21-16-10-12(6-9-15(16)19)11-18(14-7-8-14)17(20)13-4-2-3-5-13/h4,6,9-10,14,19H,2-3,5,7-8,11H2,1H3. The zero-order valence-corrected chi connectivity index (χ0v) is 12.3. The van der Waals surface area contributed by atoms with E-state index in [-0.39, 0.29) is 11.7 Å². The van der Waals surface area contributed by atoms with Gasteiger partial charge < -0.3 is 14.7 Å². The second-order valence-electron chi connectivity index (χ2n) is 5.79. The molecule has 0 aromatic heterocycles. The van der Waals surface area contributed by atoms with Crippen molar-refractivity contribution in [3.05, 3.63) is 35.4 Å². The van der Waals surface area contributed by atoms with E-state index in [2.05, 4.69) is 6.08 Å². The molecule has 0 unspecified atom stereocenters. The fourth-order valence-corrected chi connectivity index (χ4v) is 2.82. The van der Waals surface area contributed by atoms with Crippen molar-refractivity contribution in [1.82, 2.24) is 4.90 Å². The minimum absolute atomic E-state index is 0.129. The molecule has 1 saturated carbocycles. The Bertz CT molecular complexity index is 575. The average molecular weight is 287 g/mol. The van der Waals surface area contributed by atoms with Crippen LogP contribution in [0, 0.1) is 0 Å². The molecule has 21 heavy (non-hydrogen) atoms. The third kappa shape index (κ3) is 3.04. The van der Waals surface area contributed by atoms with Gasteiger partial charge in [-0.25, -0.2) is 0 Å². The van der Waals surface area contributed by atoms with Gasteiger partial charge in [0.2, 0.25) is 5.91 Å². The lowest BCUT2D eigenvalue weighted by Gasteiger charge is -2.23. The van der Waals surface area contributed by atoms with E-state index < -0.39 is 0 Å². The second kappa shape index (κ2) is 5.80. The van der Waals surface area contributed by atoms with Crippen LogP contribution < -0.4 is 4.74 Å². The lowest BCUT2D eigenvalue weighted by Crippen LogP contribution is -2.33. The number of amides is 1. The Morgan fingerprint density at radius 1 is 1.43 bits per heavy atom. The van der Waals surface area contributed by atoms with Crippen LogP contribution in [0.25, 0.3) is 0 Å². The number of phenolic OH excluding ortho intramolecular Hbond substituents is 1. The van der Waals surface area contributed by atoms with Crippen LogP contribution in [0.3, 0.4) is 0 Å². The van der Waals surface area contributed by atoms with Gasteiger partial charge in [0.25, 0.3) is 0 Å². The molecule has 3 rings (SSSR count). The van der Waals surface area contributed by atoms with Crippen LogP contribution in [0.4, 0.5) is 0 Å². The molecular formula is C17H21NO3. The van der Waals surface area contributed by atoms with Crippen LogP contribution in [-0.2, 0) is 11.3 Å². The summed E-state index contributed by atoms with van der Waals surface area (Å²) >= 11 is 0. The van der Waals surface area contributed by atoms with Crippen LogP contribution >= 0.6 is 0 Å². The zero-order chi connectivity index (χ0) is 14.8. The summed E-state index contributed by atoms with van der Waals surface area (Å²) in [5.41, 5.74) is 1.95. The maximum atomic E-state index is 12.6. The van der Waals surface area contributed by atoms with E-state index in [0.29, 0.717) is 18.3 Å². The van der Waals surface area contributed by atoms with E-state index in [9.17, 15) is 9.90 Å². The first-order valence-corrected chi connectivity index (χ1v) is 7.55. The molecule has 2 aliphatic rings. The number of rotatable bonds is 5. The van der Waals surface area contributed by atoms with E-state index >= 15 is 0 Å². The highest BCUT2D eigenvalue weighted by atomic mass is 16.5. The quantitative estimate of drug-likeness (QED) is 0.905. The molecule has 0 heterocycles. The van der Waals surface area contributed by atoms with E-state index in [1.807, 2.05) is 11.0 Å². The number of carbonyl (C=O) groups is 1. The lowest BCUT2D eigenvalue weighted by molar-refractivity contribution is -0.128. The molecule has 0 saturated heterocycles. The summed E-state index contributed by atoms with van der Waals surface area (Å²) in [7, 11) is 1.53. The minimum Gasteiger partial charge on any atom is -0.504 e. The number of methoxy groups -OCH3 is 1. The summed E-state index contributed by atoms with van der Waals surface area (Å²) in [6.07, 6.45) is 7.28. The molecule has 1 aromatic carbocycles. The second-order valence-corrected chi connectivity index (χ2v) is 5.79. The predicted octanol–water partition coefficient (Wildman–Crippen LogP) is 3.00. The maximum Gasteiger partial charge on any atom is 0.250 e. The largest absolute Gasteiger partial charge is 0.504 e. The summed E-state index contributed by atoms with van der Waals surface area (Å²) in [5.74, 6) is 0.766. The third-order valence-corrected chi connectivity index (χ3v) is 4.16. The van der Waals surface area contributed by atoms with Crippen molar-refractivity contribution in [2.75, 3.05) is 7.11 Å². The fraction of sp³-hybridized carbons (Fsp3) is 0.471. The Morgan fingerprint density at radius 2 is 2.24 bits per heavy atom. The smallest absolute Gasteiger partial charge is 0.250 e. The third-order valence-electron chi connectivity index (χ3n) is 4.16. The van der Waals surface area contributed by atoms with E-state index in [1.54, 1.807) is 12.1 Å². The number of hydrogen-bond acceptors (Lipinski definition) is 3. The monoisotopic (exact) mass is 287 g/mol. The SMILES string of the molecule is COc1cc(CN(C(=O)C2=CCCC2)C2CC2)ccc1O. The van der Waals surface area contributed by atoms with Crippen LogP contribution in [0.5, 0.6) is 11.5 Å². The number of hydrogen-bond donors (Lipinski definition) is 1. The highest BCUT2D eigenvalue weighted by Crippen LogP contribution is 2.33. The molecule has 112 valence electrons. The number of aromatic hydroxyl groups is 1. The Balaban J connectivity index is 1.77. The van der Waals surface area contributed by atoms with Gasteiger partial charge in [0.15, 0.2) is 11.5 Å². The van der Waals surface area contributed by atoms with Gasteiger partial charge in [0, 0.05) is 18.2 Å². The number of ether oxygens (including phenoxy) is 1. The zero-order valence-electron chi connectivity index (χ0n) is 12.3. The first kappa shape index (κ1) is 14.0. The number of nitrogens with zero attached hydrogens (tertiary/aromatic N) is 1. The Hall–Kier alpha value is -1.97. The fourth-order valence-electron chi connectivity index (χ4n) is 2.82. The molecule has 0 radical (unpaired) electrons. The van der Waals surface area contributed by atoms with Crippen molar-refractivity contribution >= 4 is 5.91 Å². The molecule has 4 nitrogen and oxygen atoms in total. The normalized spacial score (nSPS) is 17.5. The minimum atomic E-state index is 0.129. The van der Waals surface area contributed by atoms with Crippen molar-refractivity contribution in [2.45, 2.75) is 44.7 Å². The van der Waals surface area contributed by atoms with Crippen molar-refractivity contribution in [2.24, 2.45) is 0 Å². The molecule has 0 spiro atoms. The molecule has 4 heteroatoms. The molecule has 1 amide bonds. The lowest BCUT2D eigenvalue weighted by atomic mass is 10.1. The van der Waals surface area contributed by atoms with Gasteiger partial charge in [-0.2, -0.15) is 0 Å². The van der Waals surface area contributed by atoms with Crippen molar-refractivity contribution in [3.63, 3.8) is 0 Å². The van der Waals surface area contributed by atoms with Crippen LogP contribution in [0.15, 0.2) is 29.8 Å². The molecule has 1 aromatic rings. The maximum absolute atomic E-state index is 12.6. The van der Waals surface area contributed by atoms with Gasteiger partial charge in [-0.1, -0.05) is 12.1 Å². The van der Waals surface area contributed by atoms with Crippen molar-refractivity contribution < 1.29 is 14.6 Å². The number of benzene rings is 1. The summed E-state index contributed by atoms with van der Waals surface area (Å²) in [6.45, 7) is 0.581. The van der Waals surface area contributed by atoms with Gasteiger partial charge in [-0.15, -0.1) is 0 Å². The molecule has 0 atom stereocenters. The Morgan fingerprint density at radius 3 is 2.86 bits per heavy atom. The van der Waals surface area contributed by atoms with E-state index in [1.165, 1.54) is 7.11 Å². The molecule has 0 bridgehead atoms. The number of phenols is 1. The number of carbonyl (C=O) groups excluding carboxylic acids is 1. The van der Waals surface area contributed by atoms with Gasteiger partial charge in [-0.05, 0) is 49.8 Å². The molecule has 1 fully saturated rings. The van der Waals surface area contributed by atoms with Crippen LogP contribution in [-0.4, -0.2) is 29.1 Å². The Kier molecular flexibility index (Phi) is 3.86. The van der Waals surface area contributed by atoms with Gasteiger partial charge in [0.1, 0.15) is 0 Å². The molecule has 2 aliphatic carbocycles. The molecule has 0 aliphatic heterocycles. The van der Waals surface area contributed by atoms with E-state index in [4.69, 9.17) is 4.74 Å². The number of allylic oxidation sites excluding steroid dienone is 1. The van der Waals surface area contributed by atoms with E-state index in [0.717, 1.165) is 43.2 Å². The molecule has 1 N–H and O–H groups in total. The average Bonchev–Trinajstić information content (AvgIpc) is 3.19. The summed E-state index contributed by atoms with van der Waals surface area (Å²) in [6, 6.07) is 5.65. The Labute approximate surface area is 125 Å². The van der Waals surface area contributed by atoms with Crippen LogP contribution in [0.1, 0.15) is 37.7 Å². The predicted molar refractivity (Wildman–Crippen MR) is 80.2 cm³/mol. The summed E-state index contributed by atoms with van der Waals surface area (Å²) in [5, 5.41) is 9.66. The van der Waals surface area contributed by atoms with Gasteiger partial charge in [-0.3, -0.25) is 4.79 Å². The first-order valence-electron chi connectivity index (χ1n) is 7.55. The highest BCUT2D eigenvalue weighted by molar-refractivity contribution is 5.94. The first-order chi connectivity index (χ1) is 10.2. The van der Waals surface area contributed by atoms with Crippen LogP contribution in [0.2, 0.25) is 0 Å². The van der Waals surface area contributed by atoms with Gasteiger partial charge >= 0.3 is 0 Å². The van der Waals surface area contributed by atoms with Crippen molar-refractivity contribution in [1.29, 1.82) is 0 Å². The summed E-state index contributed by atoms with van der Waals surface area (Å²) in [4.78, 5) is 14.6. The topological polar surface area (TPSA) is 49.8 Å². The van der Waals surface area contributed by atoms with Gasteiger partial charge in [0.05, 0.1) is 7.11 Å². The highest BCUT2D eigenvalue weighted by Gasteiger charge is 2.34. The van der Waals surface area contributed by atoms with Crippen molar-refractivity contribution in [3.8, 4) is 11.5 Å². The summed E-state index contributed by atoms with van der Waals surface area (Å²) < 4.78 is 5.14. The molecular weight excluding hydrogens is 266 g/mol.